The second-order valence-electron chi connectivity index (χ2n) is 4.22. The summed E-state index contributed by atoms with van der Waals surface area (Å²) in [5, 5.41) is 13.3. The third-order valence-electron chi connectivity index (χ3n) is 2.82. The molecule has 0 saturated heterocycles. The van der Waals surface area contributed by atoms with Gasteiger partial charge in [-0.25, -0.2) is 4.79 Å². The van der Waals surface area contributed by atoms with Crippen molar-refractivity contribution < 1.29 is 9.53 Å². The standard InChI is InChI=1S/C13H18N4O2/c1-3-4-7-14-13(18)15-12-10-8-9(19-2)5-6-11(10)16-17-12/h5-6,8H,3-4,7H2,1-2H3,(H3,14,15,16,17,18). The number of fused-ring (bicyclic) bond motifs is 1. The summed E-state index contributed by atoms with van der Waals surface area (Å²) < 4.78 is 5.16. The molecule has 1 heterocycles. The van der Waals surface area contributed by atoms with Crippen molar-refractivity contribution in [3.05, 3.63) is 18.2 Å². The van der Waals surface area contributed by atoms with Gasteiger partial charge in [-0.1, -0.05) is 13.3 Å². The average Bonchev–Trinajstić information content (AvgIpc) is 2.81. The fourth-order valence-corrected chi connectivity index (χ4v) is 1.75. The number of nitrogens with one attached hydrogen (secondary N) is 3. The van der Waals surface area contributed by atoms with Gasteiger partial charge >= 0.3 is 6.03 Å². The Morgan fingerprint density at radius 1 is 1.47 bits per heavy atom. The quantitative estimate of drug-likeness (QED) is 0.724. The molecule has 6 nitrogen and oxygen atoms in total. The summed E-state index contributed by atoms with van der Waals surface area (Å²) in [7, 11) is 1.60. The lowest BCUT2D eigenvalue weighted by Crippen LogP contribution is -2.29. The minimum atomic E-state index is -0.246. The van der Waals surface area contributed by atoms with Gasteiger partial charge in [0, 0.05) is 11.9 Å². The molecular formula is C13H18N4O2. The van der Waals surface area contributed by atoms with Crippen LogP contribution in [0.1, 0.15) is 19.8 Å². The fourth-order valence-electron chi connectivity index (χ4n) is 1.75. The van der Waals surface area contributed by atoms with E-state index in [4.69, 9.17) is 4.74 Å². The summed E-state index contributed by atoms with van der Waals surface area (Å²) in [6, 6.07) is 5.29. The highest BCUT2D eigenvalue weighted by Gasteiger charge is 2.09. The van der Waals surface area contributed by atoms with Gasteiger partial charge in [0.2, 0.25) is 0 Å². The van der Waals surface area contributed by atoms with Crippen molar-refractivity contribution in [3.63, 3.8) is 0 Å². The Morgan fingerprint density at radius 3 is 3.05 bits per heavy atom. The van der Waals surface area contributed by atoms with Crippen molar-refractivity contribution in [2.45, 2.75) is 19.8 Å². The number of urea groups is 1. The molecule has 0 unspecified atom stereocenters. The minimum absolute atomic E-state index is 0.246. The molecule has 2 amide bonds. The number of carbonyl (C=O) groups is 1. The maximum absolute atomic E-state index is 11.7. The van der Waals surface area contributed by atoms with E-state index in [0.717, 1.165) is 29.5 Å². The van der Waals surface area contributed by atoms with E-state index in [9.17, 15) is 4.79 Å². The molecule has 0 bridgehead atoms. The zero-order valence-corrected chi connectivity index (χ0v) is 11.1. The Balaban J connectivity index is 2.09. The van der Waals surface area contributed by atoms with Crippen LogP contribution in [0.25, 0.3) is 10.9 Å². The van der Waals surface area contributed by atoms with Crippen LogP contribution in [0.4, 0.5) is 10.6 Å². The first-order chi connectivity index (χ1) is 9.24. The zero-order chi connectivity index (χ0) is 13.7. The monoisotopic (exact) mass is 262 g/mol. The Morgan fingerprint density at radius 2 is 2.32 bits per heavy atom. The lowest BCUT2D eigenvalue weighted by atomic mass is 10.2. The molecule has 0 spiro atoms. The van der Waals surface area contributed by atoms with E-state index in [-0.39, 0.29) is 6.03 Å². The van der Waals surface area contributed by atoms with Crippen LogP contribution in [-0.2, 0) is 0 Å². The van der Waals surface area contributed by atoms with Gasteiger partial charge in [0.15, 0.2) is 5.82 Å². The number of hydrogen-bond donors (Lipinski definition) is 3. The maximum Gasteiger partial charge on any atom is 0.320 e. The van der Waals surface area contributed by atoms with Crippen LogP contribution in [0.3, 0.4) is 0 Å². The van der Waals surface area contributed by atoms with Crippen LogP contribution in [-0.4, -0.2) is 29.9 Å². The summed E-state index contributed by atoms with van der Waals surface area (Å²) in [5.74, 6) is 1.23. The number of methoxy groups -OCH3 is 1. The van der Waals surface area contributed by atoms with Gasteiger partial charge in [0.1, 0.15) is 5.75 Å². The van der Waals surface area contributed by atoms with E-state index in [1.54, 1.807) is 7.11 Å². The molecule has 19 heavy (non-hydrogen) atoms. The van der Waals surface area contributed by atoms with Crippen molar-refractivity contribution in [3.8, 4) is 5.75 Å². The molecule has 2 rings (SSSR count). The van der Waals surface area contributed by atoms with Crippen LogP contribution in [0, 0.1) is 0 Å². The normalized spacial score (nSPS) is 10.4. The number of aromatic nitrogens is 2. The fraction of sp³-hybridized carbons (Fsp3) is 0.385. The Labute approximate surface area is 111 Å². The number of hydrogen-bond acceptors (Lipinski definition) is 3. The Bertz CT molecular complexity index is 565. The number of anilines is 1. The predicted octanol–water partition coefficient (Wildman–Crippen LogP) is 2.49. The topological polar surface area (TPSA) is 79.0 Å². The first kappa shape index (κ1) is 13.2. The van der Waals surface area contributed by atoms with Gasteiger partial charge in [-0.2, -0.15) is 5.10 Å². The molecule has 6 heteroatoms. The van der Waals surface area contributed by atoms with Crippen molar-refractivity contribution in [2.24, 2.45) is 0 Å². The third kappa shape index (κ3) is 3.15. The number of H-pyrrole nitrogens is 1. The van der Waals surface area contributed by atoms with Gasteiger partial charge in [-0.3, -0.25) is 10.4 Å². The minimum Gasteiger partial charge on any atom is -0.497 e. The SMILES string of the molecule is CCCCNC(=O)Nc1n[nH]c2ccc(OC)cc12. The lowest BCUT2D eigenvalue weighted by Gasteiger charge is -2.05. The first-order valence-corrected chi connectivity index (χ1v) is 6.31. The molecule has 102 valence electrons. The van der Waals surface area contributed by atoms with Gasteiger partial charge in [0.05, 0.1) is 12.6 Å². The van der Waals surface area contributed by atoms with Crippen LogP contribution in [0.15, 0.2) is 18.2 Å². The molecule has 0 fully saturated rings. The number of ether oxygens (including phenoxy) is 1. The molecule has 1 aromatic carbocycles. The van der Waals surface area contributed by atoms with E-state index in [2.05, 4.69) is 27.8 Å². The number of aromatic amines is 1. The predicted molar refractivity (Wildman–Crippen MR) is 74.6 cm³/mol. The van der Waals surface area contributed by atoms with E-state index < -0.39 is 0 Å². The molecule has 0 radical (unpaired) electrons. The highest BCUT2D eigenvalue weighted by Crippen LogP contribution is 2.24. The molecule has 0 aliphatic carbocycles. The Hall–Kier alpha value is -2.24. The summed E-state index contributed by atoms with van der Waals surface area (Å²) in [6.07, 6.45) is 2.01. The van der Waals surface area contributed by atoms with Crippen molar-refractivity contribution in [2.75, 3.05) is 19.0 Å². The van der Waals surface area contributed by atoms with Crippen molar-refractivity contribution >= 4 is 22.8 Å². The lowest BCUT2D eigenvalue weighted by molar-refractivity contribution is 0.252. The smallest absolute Gasteiger partial charge is 0.320 e. The highest BCUT2D eigenvalue weighted by atomic mass is 16.5. The molecule has 0 saturated carbocycles. The largest absolute Gasteiger partial charge is 0.497 e. The van der Waals surface area contributed by atoms with Crippen molar-refractivity contribution in [1.82, 2.24) is 15.5 Å². The molecular weight excluding hydrogens is 244 g/mol. The number of benzene rings is 1. The molecule has 1 aromatic heterocycles. The zero-order valence-electron chi connectivity index (χ0n) is 11.1. The number of carbonyl (C=O) groups excluding carboxylic acids is 1. The van der Waals surface area contributed by atoms with E-state index >= 15 is 0 Å². The number of nitrogens with zero attached hydrogens (tertiary/aromatic N) is 1. The maximum atomic E-state index is 11.7. The second-order valence-corrected chi connectivity index (χ2v) is 4.22. The Kier molecular flexibility index (Phi) is 4.22. The average molecular weight is 262 g/mol. The van der Waals surface area contributed by atoms with E-state index in [1.807, 2.05) is 18.2 Å². The van der Waals surface area contributed by atoms with Crippen LogP contribution < -0.4 is 15.4 Å². The summed E-state index contributed by atoms with van der Waals surface area (Å²) in [4.78, 5) is 11.7. The molecule has 3 N–H and O–H groups in total. The summed E-state index contributed by atoms with van der Waals surface area (Å²) in [6.45, 7) is 2.74. The second kappa shape index (κ2) is 6.08. The molecule has 2 aromatic rings. The first-order valence-electron chi connectivity index (χ1n) is 6.31. The van der Waals surface area contributed by atoms with Crippen LogP contribution >= 0.6 is 0 Å². The van der Waals surface area contributed by atoms with Gasteiger partial charge in [-0.05, 0) is 24.6 Å². The number of amides is 2. The highest BCUT2D eigenvalue weighted by molar-refractivity contribution is 5.99. The molecule has 0 atom stereocenters. The summed E-state index contributed by atoms with van der Waals surface area (Å²) in [5.41, 5.74) is 0.852. The van der Waals surface area contributed by atoms with Gasteiger partial charge < -0.3 is 10.1 Å². The number of rotatable bonds is 5. The molecule has 0 aliphatic rings. The summed E-state index contributed by atoms with van der Waals surface area (Å²) >= 11 is 0. The third-order valence-corrected chi connectivity index (χ3v) is 2.82. The van der Waals surface area contributed by atoms with E-state index in [1.165, 1.54) is 0 Å². The van der Waals surface area contributed by atoms with Crippen molar-refractivity contribution in [1.29, 1.82) is 0 Å². The van der Waals surface area contributed by atoms with E-state index in [0.29, 0.717) is 12.4 Å². The van der Waals surface area contributed by atoms with Gasteiger partial charge in [-0.15, -0.1) is 0 Å². The van der Waals surface area contributed by atoms with Crippen LogP contribution in [0.2, 0.25) is 0 Å². The number of unbranched alkanes of at least 4 members (excludes halogenated alkanes) is 1. The molecule has 0 aliphatic heterocycles. The van der Waals surface area contributed by atoms with Gasteiger partial charge in [0.25, 0.3) is 0 Å². The van der Waals surface area contributed by atoms with Crippen LogP contribution in [0.5, 0.6) is 5.75 Å².